The summed E-state index contributed by atoms with van der Waals surface area (Å²) in [5.74, 6) is -0.140. The average molecular weight is 601 g/mol. The summed E-state index contributed by atoms with van der Waals surface area (Å²) in [7, 11) is -0.993. The maximum absolute atomic E-state index is 13.8. The van der Waals surface area contributed by atoms with E-state index in [1.807, 2.05) is 0 Å². The van der Waals surface area contributed by atoms with Crippen molar-refractivity contribution in [3.05, 3.63) is 52.0 Å². The summed E-state index contributed by atoms with van der Waals surface area (Å²) >= 11 is 12.3. The molecule has 0 heterocycles. The summed E-state index contributed by atoms with van der Waals surface area (Å²) in [5, 5.41) is 3.73. The van der Waals surface area contributed by atoms with E-state index < -0.39 is 28.5 Å². The second-order valence-electron chi connectivity index (χ2n) is 9.60. The summed E-state index contributed by atoms with van der Waals surface area (Å²) in [6.45, 7) is 1.13. The Labute approximate surface area is 240 Å². The number of rotatable bonds is 11. The second kappa shape index (κ2) is 13.6. The van der Waals surface area contributed by atoms with Crippen molar-refractivity contribution in [3.63, 3.8) is 0 Å². The van der Waals surface area contributed by atoms with Crippen LogP contribution in [-0.4, -0.2) is 64.2 Å². The van der Waals surface area contributed by atoms with E-state index in [1.165, 1.54) is 31.3 Å². The van der Waals surface area contributed by atoms with Gasteiger partial charge in [-0.25, -0.2) is 8.42 Å². The molecule has 39 heavy (non-hydrogen) atoms. The predicted molar refractivity (Wildman–Crippen MR) is 153 cm³/mol. The highest BCUT2D eigenvalue weighted by Gasteiger charge is 2.31. The molecule has 12 heteroatoms. The van der Waals surface area contributed by atoms with E-state index in [9.17, 15) is 18.0 Å². The minimum Gasteiger partial charge on any atom is -0.493 e. The number of hydrogen-bond acceptors (Lipinski definition) is 6. The van der Waals surface area contributed by atoms with E-state index in [1.54, 1.807) is 31.2 Å². The molecule has 1 atom stereocenters. The molecular weight excluding hydrogens is 565 g/mol. The third-order valence-electron chi connectivity index (χ3n) is 6.79. The molecule has 2 aromatic carbocycles. The lowest BCUT2D eigenvalue weighted by atomic mass is 9.95. The minimum absolute atomic E-state index is 0.0263. The Morgan fingerprint density at radius 2 is 1.67 bits per heavy atom. The van der Waals surface area contributed by atoms with Gasteiger partial charge in [-0.3, -0.25) is 13.9 Å². The Morgan fingerprint density at radius 1 is 1.00 bits per heavy atom. The molecule has 0 saturated heterocycles. The van der Waals surface area contributed by atoms with Gasteiger partial charge in [0.15, 0.2) is 11.5 Å². The van der Waals surface area contributed by atoms with E-state index in [2.05, 4.69) is 5.32 Å². The Morgan fingerprint density at radius 3 is 2.26 bits per heavy atom. The number of benzene rings is 2. The fourth-order valence-electron chi connectivity index (χ4n) is 4.58. The number of carbonyl (C=O) groups excluding carboxylic acids is 2. The molecule has 0 aromatic heterocycles. The van der Waals surface area contributed by atoms with E-state index in [0.29, 0.717) is 27.1 Å². The van der Waals surface area contributed by atoms with Crippen molar-refractivity contribution in [3.8, 4) is 11.5 Å². The Hall–Kier alpha value is -2.69. The first kappa shape index (κ1) is 30.8. The molecule has 2 aromatic rings. The van der Waals surface area contributed by atoms with Crippen molar-refractivity contribution in [2.45, 2.75) is 57.7 Å². The highest BCUT2D eigenvalue weighted by Crippen LogP contribution is 2.32. The molecule has 2 amide bonds. The zero-order chi connectivity index (χ0) is 28.7. The van der Waals surface area contributed by atoms with Crippen LogP contribution in [0.4, 0.5) is 5.69 Å². The molecule has 1 fully saturated rings. The van der Waals surface area contributed by atoms with Gasteiger partial charge in [-0.15, -0.1) is 0 Å². The molecule has 0 radical (unpaired) electrons. The third-order valence-corrected chi connectivity index (χ3v) is 8.67. The molecule has 0 aliphatic heterocycles. The fraction of sp³-hybridized carbons (Fsp3) is 0.481. The zero-order valence-corrected chi connectivity index (χ0v) is 24.9. The van der Waals surface area contributed by atoms with E-state index in [-0.39, 0.29) is 24.2 Å². The molecule has 1 aliphatic rings. The first-order valence-corrected chi connectivity index (χ1v) is 15.3. The molecule has 9 nitrogen and oxygen atoms in total. The van der Waals surface area contributed by atoms with Crippen molar-refractivity contribution < 1.29 is 27.5 Å². The maximum Gasteiger partial charge on any atom is 0.244 e. The summed E-state index contributed by atoms with van der Waals surface area (Å²) in [5.41, 5.74) is 0.865. The lowest BCUT2D eigenvalue weighted by Gasteiger charge is -2.33. The van der Waals surface area contributed by atoms with Crippen molar-refractivity contribution in [2.24, 2.45) is 0 Å². The smallest absolute Gasteiger partial charge is 0.244 e. The van der Waals surface area contributed by atoms with Crippen LogP contribution in [0, 0.1) is 0 Å². The predicted octanol–water partition coefficient (Wildman–Crippen LogP) is 4.64. The molecule has 1 aliphatic carbocycles. The van der Waals surface area contributed by atoms with Gasteiger partial charge in [-0.1, -0.05) is 48.5 Å². The maximum atomic E-state index is 13.8. The first-order chi connectivity index (χ1) is 18.4. The normalized spacial score (nSPS) is 14.8. The molecule has 1 saturated carbocycles. The number of halogens is 2. The molecule has 0 unspecified atom stereocenters. The summed E-state index contributed by atoms with van der Waals surface area (Å²) < 4.78 is 37.2. The van der Waals surface area contributed by atoms with Crippen LogP contribution < -0.4 is 19.1 Å². The molecular formula is C27H35Cl2N3O6S. The summed E-state index contributed by atoms with van der Waals surface area (Å²) in [6.07, 6.45) is 6.02. The highest BCUT2D eigenvalue weighted by molar-refractivity contribution is 7.92. The topological polar surface area (TPSA) is 105 Å². The Balaban J connectivity index is 1.92. The van der Waals surface area contributed by atoms with Crippen LogP contribution in [0.5, 0.6) is 11.5 Å². The standard InChI is InChI=1S/C27H35Cl2N3O6S/c1-18(27(34)30-20-8-6-5-7-9-20)31(16-19-10-12-22(28)23(29)14-19)26(33)17-32(39(4,35)36)21-11-13-24(37-2)25(15-21)38-3/h10-15,18,20H,5-9,16-17H2,1-4H3,(H,30,34)/t18-/m0/s1. The van der Waals surface area contributed by atoms with Gasteiger partial charge in [0.25, 0.3) is 0 Å². The Kier molecular flexibility index (Phi) is 10.7. The fourth-order valence-corrected chi connectivity index (χ4v) is 5.74. The van der Waals surface area contributed by atoms with Gasteiger partial charge in [-0.05, 0) is 49.6 Å². The van der Waals surface area contributed by atoms with Crippen LogP contribution in [0.3, 0.4) is 0 Å². The monoisotopic (exact) mass is 599 g/mol. The van der Waals surface area contributed by atoms with E-state index in [4.69, 9.17) is 32.7 Å². The van der Waals surface area contributed by atoms with Gasteiger partial charge in [0.2, 0.25) is 21.8 Å². The number of methoxy groups -OCH3 is 2. The van der Waals surface area contributed by atoms with Crippen LogP contribution in [0.25, 0.3) is 0 Å². The number of nitrogens with one attached hydrogen (secondary N) is 1. The average Bonchev–Trinajstić information content (AvgIpc) is 2.91. The number of anilines is 1. The number of carbonyl (C=O) groups is 2. The van der Waals surface area contributed by atoms with E-state index >= 15 is 0 Å². The van der Waals surface area contributed by atoms with Gasteiger partial charge in [-0.2, -0.15) is 0 Å². The lowest BCUT2D eigenvalue weighted by molar-refractivity contribution is -0.139. The third kappa shape index (κ3) is 8.16. The molecule has 3 rings (SSSR count). The first-order valence-electron chi connectivity index (χ1n) is 12.7. The number of nitrogens with zero attached hydrogens (tertiary/aromatic N) is 2. The van der Waals surface area contributed by atoms with Crippen LogP contribution in [0.15, 0.2) is 36.4 Å². The van der Waals surface area contributed by atoms with Gasteiger partial charge < -0.3 is 19.7 Å². The highest BCUT2D eigenvalue weighted by atomic mass is 35.5. The van der Waals surface area contributed by atoms with Crippen molar-refractivity contribution in [2.75, 3.05) is 31.3 Å². The quantitative estimate of drug-likeness (QED) is 0.403. The number of ether oxygens (including phenoxy) is 2. The van der Waals surface area contributed by atoms with Crippen molar-refractivity contribution in [1.29, 1.82) is 0 Å². The SMILES string of the molecule is COc1ccc(N(CC(=O)N(Cc2ccc(Cl)c(Cl)c2)[C@@H](C)C(=O)NC2CCCCC2)S(C)(=O)=O)cc1OC. The second-order valence-corrected chi connectivity index (χ2v) is 12.3. The largest absolute Gasteiger partial charge is 0.493 e. The minimum atomic E-state index is -3.89. The number of hydrogen-bond donors (Lipinski definition) is 1. The molecule has 1 N–H and O–H groups in total. The van der Waals surface area contributed by atoms with Gasteiger partial charge in [0.05, 0.1) is 36.2 Å². The Bertz CT molecular complexity index is 1280. The number of amides is 2. The van der Waals surface area contributed by atoms with Crippen molar-refractivity contribution in [1.82, 2.24) is 10.2 Å². The number of sulfonamides is 1. The van der Waals surface area contributed by atoms with E-state index in [0.717, 1.165) is 42.7 Å². The van der Waals surface area contributed by atoms with Gasteiger partial charge >= 0.3 is 0 Å². The molecule has 0 bridgehead atoms. The van der Waals surface area contributed by atoms with Crippen LogP contribution in [-0.2, 0) is 26.2 Å². The van der Waals surface area contributed by atoms with Gasteiger partial charge in [0, 0.05) is 18.7 Å². The van der Waals surface area contributed by atoms with Crippen LogP contribution >= 0.6 is 23.2 Å². The molecule has 0 spiro atoms. The summed E-state index contributed by atoms with van der Waals surface area (Å²) in [6, 6.07) is 8.69. The summed E-state index contributed by atoms with van der Waals surface area (Å²) in [4.78, 5) is 28.4. The zero-order valence-electron chi connectivity index (χ0n) is 22.6. The van der Waals surface area contributed by atoms with Crippen LogP contribution in [0.2, 0.25) is 10.0 Å². The van der Waals surface area contributed by atoms with Crippen molar-refractivity contribution >= 4 is 50.7 Å². The lowest BCUT2D eigenvalue weighted by Crippen LogP contribution is -2.52. The van der Waals surface area contributed by atoms with Crippen LogP contribution in [0.1, 0.15) is 44.6 Å². The van der Waals surface area contributed by atoms with Gasteiger partial charge in [0.1, 0.15) is 12.6 Å². The molecule has 214 valence electrons.